The van der Waals surface area contributed by atoms with Crippen molar-refractivity contribution < 1.29 is 4.79 Å². The first-order valence-corrected chi connectivity index (χ1v) is 7.83. The van der Waals surface area contributed by atoms with Gasteiger partial charge in [-0.3, -0.25) is 4.79 Å². The Bertz CT molecular complexity index is 416. The van der Waals surface area contributed by atoms with Crippen molar-refractivity contribution in [3.8, 4) is 0 Å². The van der Waals surface area contributed by atoms with Gasteiger partial charge in [-0.1, -0.05) is 13.8 Å². The molecule has 0 bridgehead atoms. The van der Waals surface area contributed by atoms with Crippen molar-refractivity contribution in [3.63, 3.8) is 0 Å². The number of amides is 1. The zero-order chi connectivity index (χ0) is 13.2. The molecule has 1 aromatic heterocycles. The van der Waals surface area contributed by atoms with Crippen LogP contribution in [-0.4, -0.2) is 18.3 Å². The lowest BCUT2D eigenvalue weighted by molar-refractivity contribution is 0.0944. The van der Waals surface area contributed by atoms with Gasteiger partial charge in [0.05, 0.1) is 4.88 Å². The Morgan fingerprint density at radius 2 is 2.17 bits per heavy atom. The first-order chi connectivity index (χ1) is 8.52. The number of alkyl halides is 1. The van der Waals surface area contributed by atoms with Gasteiger partial charge in [0.15, 0.2) is 0 Å². The minimum Gasteiger partial charge on any atom is -0.351 e. The average Bonchev–Trinajstić information content (AvgIpc) is 2.80. The molecule has 0 radical (unpaired) electrons. The summed E-state index contributed by atoms with van der Waals surface area (Å²) in [5.41, 5.74) is 1.33. The topological polar surface area (TPSA) is 29.1 Å². The molecule has 2 rings (SSSR count). The van der Waals surface area contributed by atoms with Crippen molar-refractivity contribution in [1.29, 1.82) is 0 Å². The Hall–Kier alpha value is -0.540. The second-order valence-electron chi connectivity index (χ2n) is 5.75. The quantitative estimate of drug-likeness (QED) is 0.841. The standard InChI is InChI=1S/C14H20ClNOS/c1-14(2,8-15)9-16-13(17)12-7-10-5-3-4-6-11(10)18-12/h7H,3-6,8-9H2,1-2H3,(H,16,17). The number of rotatable bonds is 4. The predicted octanol–water partition coefficient (Wildman–Crippen LogP) is 3.62. The highest BCUT2D eigenvalue weighted by molar-refractivity contribution is 7.14. The lowest BCUT2D eigenvalue weighted by Gasteiger charge is -2.21. The number of aryl methyl sites for hydroxylation is 2. The number of hydrogen-bond acceptors (Lipinski definition) is 2. The summed E-state index contributed by atoms with van der Waals surface area (Å²) in [4.78, 5) is 14.3. The van der Waals surface area contributed by atoms with Gasteiger partial charge in [0.2, 0.25) is 0 Å². The summed E-state index contributed by atoms with van der Waals surface area (Å²) in [7, 11) is 0. The summed E-state index contributed by atoms with van der Waals surface area (Å²) >= 11 is 7.51. The number of thiophene rings is 1. The monoisotopic (exact) mass is 285 g/mol. The van der Waals surface area contributed by atoms with Crippen LogP contribution in [0.25, 0.3) is 0 Å². The van der Waals surface area contributed by atoms with E-state index in [1.807, 2.05) is 0 Å². The number of carbonyl (C=O) groups excluding carboxylic acids is 1. The van der Waals surface area contributed by atoms with E-state index in [9.17, 15) is 4.79 Å². The summed E-state index contributed by atoms with van der Waals surface area (Å²) in [6.45, 7) is 4.73. The van der Waals surface area contributed by atoms with Crippen molar-refractivity contribution in [3.05, 3.63) is 21.4 Å². The fourth-order valence-electron chi connectivity index (χ4n) is 2.06. The van der Waals surface area contributed by atoms with Crippen molar-refractivity contribution in [2.45, 2.75) is 39.5 Å². The second-order valence-corrected chi connectivity index (χ2v) is 7.15. The van der Waals surface area contributed by atoms with E-state index < -0.39 is 0 Å². The molecular formula is C14H20ClNOS. The van der Waals surface area contributed by atoms with Crippen LogP contribution in [0.4, 0.5) is 0 Å². The van der Waals surface area contributed by atoms with Gasteiger partial charge in [-0.15, -0.1) is 22.9 Å². The molecule has 100 valence electrons. The van der Waals surface area contributed by atoms with Crippen LogP contribution >= 0.6 is 22.9 Å². The lowest BCUT2D eigenvalue weighted by atomic mass is 9.96. The summed E-state index contributed by atoms with van der Waals surface area (Å²) in [5.74, 6) is 0.599. The zero-order valence-electron chi connectivity index (χ0n) is 11.0. The molecule has 0 aliphatic heterocycles. The van der Waals surface area contributed by atoms with Gasteiger partial charge < -0.3 is 5.32 Å². The van der Waals surface area contributed by atoms with Gasteiger partial charge in [-0.05, 0) is 42.7 Å². The average molecular weight is 286 g/mol. The molecule has 1 aliphatic rings. The molecule has 0 fully saturated rings. The van der Waals surface area contributed by atoms with Crippen LogP contribution in [0.1, 0.15) is 46.8 Å². The second kappa shape index (κ2) is 5.62. The molecule has 1 heterocycles. The number of fused-ring (bicyclic) bond motifs is 1. The summed E-state index contributed by atoms with van der Waals surface area (Å²) in [6, 6.07) is 2.07. The van der Waals surface area contributed by atoms with Crippen molar-refractivity contribution in [2.75, 3.05) is 12.4 Å². The number of carbonyl (C=O) groups is 1. The molecule has 0 atom stereocenters. The summed E-state index contributed by atoms with van der Waals surface area (Å²) < 4.78 is 0. The number of halogens is 1. The molecular weight excluding hydrogens is 266 g/mol. The molecule has 0 unspecified atom stereocenters. The maximum absolute atomic E-state index is 12.1. The first kappa shape index (κ1) is 13.9. The highest BCUT2D eigenvalue weighted by Gasteiger charge is 2.20. The van der Waals surface area contributed by atoms with E-state index in [0.717, 1.165) is 17.7 Å². The molecule has 0 aromatic carbocycles. The third-order valence-corrected chi connectivity index (χ3v) is 5.27. The van der Waals surface area contributed by atoms with E-state index in [-0.39, 0.29) is 11.3 Å². The number of hydrogen-bond donors (Lipinski definition) is 1. The van der Waals surface area contributed by atoms with E-state index >= 15 is 0 Å². The molecule has 1 N–H and O–H groups in total. The van der Waals surface area contributed by atoms with Crippen LogP contribution in [0.5, 0.6) is 0 Å². The smallest absolute Gasteiger partial charge is 0.261 e. The molecule has 1 aromatic rings. The molecule has 0 spiro atoms. The van der Waals surface area contributed by atoms with Crippen molar-refractivity contribution >= 4 is 28.8 Å². The van der Waals surface area contributed by atoms with Crippen LogP contribution in [0.15, 0.2) is 6.07 Å². The highest BCUT2D eigenvalue weighted by Crippen LogP contribution is 2.29. The van der Waals surface area contributed by atoms with Crippen LogP contribution < -0.4 is 5.32 Å². The Balaban J connectivity index is 1.99. The highest BCUT2D eigenvalue weighted by atomic mass is 35.5. The SMILES string of the molecule is CC(C)(CCl)CNC(=O)c1cc2c(s1)CCCC2. The molecule has 0 saturated heterocycles. The third-order valence-electron chi connectivity index (χ3n) is 3.31. The Labute approximate surface area is 118 Å². The molecule has 4 heteroatoms. The van der Waals surface area contributed by atoms with Crippen LogP contribution in [0.3, 0.4) is 0 Å². The molecule has 18 heavy (non-hydrogen) atoms. The Morgan fingerprint density at radius 1 is 1.44 bits per heavy atom. The zero-order valence-corrected chi connectivity index (χ0v) is 12.6. The minimum atomic E-state index is -0.0475. The van der Waals surface area contributed by atoms with Gasteiger partial charge in [-0.25, -0.2) is 0 Å². The normalized spacial score (nSPS) is 15.3. The van der Waals surface area contributed by atoms with Gasteiger partial charge in [0.25, 0.3) is 5.91 Å². The fraction of sp³-hybridized carbons (Fsp3) is 0.643. The third kappa shape index (κ3) is 3.27. The maximum Gasteiger partial charge on any atom is 0.261 e. The van der Waals surface area contributed by atoms with Gasteiger partial charge in [0.1, 0.15) is 0 Å². The lowest BCUT2D eigenvalue weighted by Crippen LogP contribution is -2.34. The van der Waals surface area contributed by atoms with Gasteiger partial charge in [-0.2, -0.15) is 0 Å². The first-order valence-electron chi connectivity index (χ1n) is 6.47. The van der Waals surface area contributed by atoms with E-state index in [1.165, 1.54) is 23.3 Å². The van der Waals surface area contributed by atoms with Gasteiger partial charge in [0, 0.05) is 17.3 Å². The van der Waals surface area contributed by atoms with Gasteiger partial charge >= 0.3 is 0 Å². The van der Waals surface area contributed by atoms with Crippen LogP contribution in [-0.2, 0) is 12.8 Å². The molecule has 2 nitrogen and oxygen atoms in total. The summed E-state index contributed by atoms with van der Waals surface area (Å²) in [5, 5.41) is 2.99. The van der Waals surface area contributed by atoms with E-state index in [0.29, 0.717) is 12.4 Å². The van der Waals surface area contributed by atoms with E-state index in [4.69, 9.17) is 11.6 Å². The summed E-state index contributed by atoms with van der Waals surface area (Å²) in [6.07, 6.45) is 4.78. The van der Waals surface area contributed by atoms with Crippen LogP contribution in [0.2, 0.25) is 0 Å². The van der Waals surface area contributed by atoms with Crippen LogP contribution in [0, 0.1) is 5.41 Å². The minimum absolute atomic E-state index is 0.0475. The van der Waals surface area contributed by atoms with E-state index in [2.05, 4.69) is 25.2 Å². The van der Waals surface area contributed by atoms with Crippen molar-refractivity contribution in [1.82, 2.24) is 5.32 Å². The Morgan fingerprint density at radius 3 is 2.83 bits per heavy atom. The maximum atomic E-state index is 12.1. The molecule has 0 saturated carbocycles. The predicted molar refractivity (Wildman–Crippen MR) is 77.8 cm³/mol. The largest absolute Gasteiger partial charge is 0.351 e. The van der Waals surface area contributed by atoms with Crippen molar-refractivity contribution in [2.24, 2.45) is 5.41 Å². The number of nitrogens with one attached hydrogen (secondary N) is 1. The fourth-order valence-corrected chi connectivity index (χ4v) is 3.32. The molecule has 1 aliphatic carbocycles. The van der Waals surface area contributed by atoms with E-state index in [1.54, 1.807) is 11.3 Å². The Kier molecular flexibility index (Phi) is 4.33. The molecule has 1 amide bonds.